The van der Waals surface area contributed by atoms with Crippen molar-refractivity contribution in [2.75, 3.05) is 18.0 Å². The van der Waals surface area contributed by atoms with Crippen molar-refractivity contribution >= 4 is 16.7 Å². The zero-order valence-corrected chi connectivity index (χ0v) is 19.3. The lowest BCUT2D eigenvalue weighted by Gasteiger charge is -2.39. The molecule has 2 aliphatic rings. The molecule has 3 heterocycles. The van der Waals surface area contributed by atoms with E-state index >= 15 is 0 Å². The SMILES string of the molecule is Cc1noc(-c2cc3cc(C)c(C)cc3nc2N2CCC(NC3CCCCC3)C(O)C2)n1. The van der Waals surface area contributed by atoms with Crippen molar-refractivity contribution in [2.45, 2.75) is 77.5 Å². The molecule has 2 atom stereocenters. The molecule has 2 unspecified atom stereocenters. The predicted octanol–water partition coefficient (Wildman–Crippen LogP) is 4.07. The number of anilines is 1. The van der Waals surface area contributed by atoms with Crippen LogP contribution in [0.15, 0.2) is 22.7 Å². The Kier molecular flexibility index (Phi) is 5.86. The van der Waals surface area contributed by atoms with Crippen molar-refractivity contribution in [3.63, 3.8) is 0 Å². The van der Waals surface area contributed by atoms with Gasteiger partial charge in [-0.3, -0.25) is 0 Å². The molecule has 2 fully saturated rings. The first-order valence-electron chi connectivity index (χ1n) is 11.9. The van der Waals surface area contributed by atoms with Gasteiger partial charge in [0, 0.05) is 30.6 Å². The molecule has 1 aromatic carbocycles. The fourth-order valence-corrected chi connectivity index (χ4v) is 5.13. The van der Waals surface area contributed by atoms with Gasteiger partial charge in [0.2, 0.25) is 0 Å². The number of piperidine rings is 1. The van der Waals surface area contributed by atoms with Gasteiger partial charge in [-0.1, -0.05) is 24.4 Å². The first-order valence-corrected chi connectivity index (χ1v) is 11.9. The van der Waals surface area contributed by atoms with E-state index in [0.29, 0.717) is 24.3 Å². The molecule has 1 saturated heterocycles. The third kappa shape index (κ3) is 4.24. The molecule has 0 bridgehead atoms. The van der Waals surface area contributed by atoms with Gasteiger partial charge in [-0.2, -0.15) is 4.98 Å². The zero-order valence-electron chi connectivity index (χ0n) is 19.3. The van der Waals surface area contributed by atoms with E-state index < -0.39 is 6.10 Å². The Hall–Kier alpha value is -2.51. The van der Waals surface area contributed by atoms with E-state index in [2.05, 4.69) is 52.4 Å². The zero-order chi connectivity index (χ0) is 22.2. The molecule has 170 valence electrons. The number of hydrogen-bond donors (Lipinski definition) is 2. The minimum absolute atomic E-state index is 0.133. The Morgan fingerprint density at radius 2 is 1.78 bits per heavy atom. The Morgan fingerprint density at radius 3 is 2.50 bits per heavy atom. The van der Waals surface area contributed by atoms with Gasteiger partial charge in [-0.15, -0.1) is 0 Å². The van der Waals surface area contributed by atoms with Gasteiger partial charge in [0.25, 0.3) is 5.89 Å². The maximum atomic E-state index is 11.0. The topological polar surface area (TPSA) is 87.3 Å². The summed E-state index contributed by atoms with van der Waals surface area (Å²) in [6.07, 6.45) is 6.80. The lowest BCUT2D eigenvalue weighted by molar-refractivity contribution is 0.103. The number of rotatable bonds is 4. The third-order valence-electron chi connectivity index (χ3n) is 7.10. The van der Waals surface area contributed by atoms with Crippen LogP contribution in [0, 0.1) is 20.8 Å². The van der Waals surface area contributed by atoms with Gasteiger partial charge in [-0.05, 0) is 69.4 Å². The van der Waals surface area contributed by atoms with Crippen LogP contribution in [0.3, 0.4) is 0 Å². The Morgan fingerprint density at radius 1 is 1.00 bits per heavy atom. The van der Waals surface area contributed by atoms with Crippen LogP contribution in [0.1, 0.15) is 55.5 Å². The first-order chi connectivity index (χ1) is 15.5. The van der Waals surface area contributed by atoms with Crippen LogP contribution in [0.5, 0.6) is 0 Å². The normalized spacial score (nSPS) is 22.6. The van der Waals surface area contributed by atoms with E-state index in [1.165, 1.54) is 43.2 Å². The van der Waals surface area contributed by atoms with Gasteiger partial charge < -0.3 is 19.8 Å². The van der Waals surface area contributed by atoms with Gasteiger partial charge in [0.15, 0.2) is 5.82 Å². The number of aliphatic hydroxyl groups excluding tert-OH is 1. The summed E-state index contributed by atoms with van der Waals surface area (Å²) >= 11 is 0. The number of aryl methyl sites for hydroxylation is 3. The first kappa shape index (κ1) is 21.3. The quantitative estimate of drug-likeness (QED) is 0.639. The molecule has 7 nitrogen and oxygen atoms in total. The van der Waals surface area contributed by atoms with E-state index in [-0.39, 0.29) is 6.04 Å². The van der Waals surface area contributed by atoms with Crippen LogP contribution >= 0.6 is 0 Å². The van der Waals surface area contributed by atoms with Crippen LogP contribution in [-0.2, 0) is 0 Å². The average molecular weight is 436 g/mol. The summed E-state index contributed by atoms with van der Waals surface area (Å²) in [4.78, 5) is 11.7. The average Bonchev–Trinajstić information content (AvgIpc) is 3.22. The van der Waals surface area contributed by atoms with Crippen LogP contribution < -0.4 is 10.2 Å². The molecule has 5 rings (SSSR count). The molecular formula is C25H33N5O2. The summed E-state index contributed by atoms with van der Waals surface area (Å²) in [7, 11) is 0. The van der Waals surface area contributed by atoms with Crippen LogP contribution in [-0.4, -0.2) is 51.5 Å². The molecule has 1 saturated carbocycles. The highest BCUT2D eigenvalue weighted by molar-refractivity contribution is 5.89. The molecule has 7 heteroatoms. The Bertz CT molecular complexity index is 1110. The number of aromatic nitrogens is 3. The number of benzene rings is 1. The van der Waals surface area contributed by atoms with Gasteiger partial charge in [0.1, 0.15) is 5.82 Å². The molecular weight excluding hydrogens is 402 g/mol. The second kappa shape index (κ2) is 8.79. The second-order valence-corrected chi connectivity index (χ2v) is 9.55. The molecule has 2 N–H and O–H groups in total. The molecule has 32 heavy (non-hydrogen) atoms. The highest BCUT2D eigenvalue weighted by atomic mass is 16.5. The van der Waals surface area contributed by atoms with E-state index in [1.54, 1.807) is 0 Å². The van der Waals surface area contributed by atoms with Crippen molar-refractivity contribution in [3.05, 3.63) is 35.2 Å². The van der Waals surface area contributed by atoms with E-state index in [1.807, 2.05) is 6.92 Å². The summed E-state index contributed by atoms with van der Waals surface area (Å²) < 4.78 is 5.53. The molecule has 1 aliphatic heterocycles. The van der Waals surface area contributed by atoms with Crippen molar-refractivity contribution < 1.29 is 9.63 Å². The number of nitrogens with zero attached hydrogens (tertiary/aromatic N) is 4. The third-order valence-corrected chi connectivity index (χ3v) is 7.10. The largest absolute Gasteiger partial charge is 0.390 e. The smallest absolute Gasteiger partial charge is 0.261 e. The van der Waals surface area contributed by atoms with E-state index in [0.717, 1.165) is 35.2 Å². The number of β-amino-alcohol motifs (C(OH)–C–C–N with tert-alkyl or cyclic N) is 1. The van der Waals surface area contributed by atoms with Gasteiger partial charge in [-0.25, -0.2) is 4.98 Å². The fourth-order valence-electron chi connectivity index (χ4n) is 5.13. The molecule has 0 amide bonds. The standard InChI is InChI=1S/C25H33N5O2/c1-15-11-18-13-20(25-26-17(3)29-32-25)24(28-22(18)12-16(15)2)30-10-9-21(23(31)14-30)27-19-7-5-4-6-8-19/h11-13,19,21,23,27,31H,4-10,14H2,1-3H3. The van der Waals surface area contributed by atoms with Crippen molar-refractivity contribution in [3.8, 4) is 11.5 Å². The minimum Gasteiger partial charge on any atom is -0.390 e. The minimum atomic E-state index is -0.444. The van der Waals surface area contributed by atoms with Crippen LogP contribution in [0.4, 0.5) is 5.82 Å². The summed E-state index contributed by atoms with van der Waals surface area (Å²) in [6, 6.07) is 7.05. The molecule has 0 radical (unpaired) electrons. The van der Waals surface area contributed by atoms with E-state index in [9.17, 15) is 5.11 Å². The summed E-state index contributed by atoms with van der Waals surface area (Å²) in [5.74, 6) is 1.88. The summed E-state index contributed by atoms with van der Waals surface area (Å²) in [5.41, 5.74) is 4.21. The van der Waals surface area contributed by atoms with Gasteiger partial charge >= 0.3 is 0 Å². The Balaban J connectivity index is 1.45. The molecule has 2 aromatic heterocycles. The Labute approximate surface area is 189 Å². The van der Waals surface area contributed by atoms with Crippen molar-refractivity contribution in [2.24, 2.45) is 0 Å². The molecule has 3 aromatic rings. The maximum absolute atomic E-state index is 11.0. The highest BCUT2D eigenvalue weighted by Crippen LogP contribution is 2.34. The number of aliphatic hydroxyl groups is 1. The summed E-state index contributed by atoms with van der Waals surface area (Å²) in [6.45, 7) is 7.40. The van der Waals surface area contributed by atoms with Crippen molar-refractivity contribution in [1.29, 1.82) is 0 Å². The highest BCUT2D eigenvalue weighted by Gasteiger charge is 2.32. The van der Waals surface area contributed by atoms with Crippen molar-refractivity contribution in [1.82, 2.24) is 20.4 Å². The number of fused-ring (bicyclic) bond motifs is 1. The molecule has 1 aliphatic carbocycles. The lowest BCUT2D eigenvalue weighted by atomic mass is 9.92. The monoisotopic (exact) mass is 435 g/mol. The number of nitrogens with one attached hydrogen (secondary N) is 1. The van der Waals surface area contributed by atoms with Crippen LogP contribution in [0.2, 0.25) is 0 Å². The second-order valence-electron chi connectivity index (χ2n) is 9.55. The number of hydrogen-bond acceptors (Lipinski definition) is 7. The predicted molar refractivity (Wildman–Crippen MR) is 126 cm³/mol. The number of pyridine rings is 1. The molecule has 0 spiro atoms. The van der Waals surface area contributed by atoms with E-state index in [4.69, 9.17) is 9.51 Å². The lowest BCUT2D eigenvalue weighted by Crippen LogP contribution is -2.55. The van der Waals surface area contributed by atoms with Gasteiger partial charge in [0.05, 0.1) is 17.2 Å². The summed E-state index contributed by atoms with van der Waals surface area (Å²) in [5, 5.41) is 19.8. The maximum Gasteiger partial charge on any atom is 0.261 e. The van der Waals surface area contributed by atoms with Crippen LogP contribution in [0.25, 0.3) is 22.4 Å². The fraction of sp³-hybridized carbons (Fsp3) is 0.560.